The summed E-state index contributed by atoms with van der Waals surface area (Å²) in [6.45, 7) is 0.861. The molecule has 0 radical (unpaired) electrons. The lowest BCUT2D eigenvalue weighted by molar-refractivity contribution is -0.149. The molecule has 1 aliphatic carbocycles. The number of carboxylic acids is 1. The highest BCUT2D eigenvalue weighted by Gasteiger charge is 2.38. The molecule has 1 heterocycles. The van der Waals surface area contributed by atoms with Crippen LogP contribution in [0, 0.1) is 11.8 Å². The number of urea groups is 1. The lowest BCUT2D eigenvalue weighted by atomic mass is 9.90. The fraction of sp³-hybridized carbons (Fsp3) is 0.769. The number of amides is 3. The summed E-state index contributed by atoms with van der Waals surface area (Å²) in [4.78, 5) is 36.0. The van der Waals surface area contributed by atoms with Crippen molar-refractivity contribution in [2.75, 3.05) is 13.1 Å². The van der Waals surface area contributed by atoms with Gasteiger partial charge in [0.2, 0.25) is 5.91 Å². The van der Waals surface area contributed by atoms with E-state index in [1.54, 1.807) is 0 Å². The molecule has 20 heavy (non-hydrogen) atoms. The predicted octanol–water partition coefficient (Wildman–Crippen LogP) is 0.147. The zero-order valence-corrected chi connectivity index (χ0v) is 11.4. The molecular formula is C13H21N3O4. The van der Waals surface area contributed by atoms with Gasteiger partial charge in [-0.1, -0.05) is 12.8 Å². The second-order valence-electron chi connectivity index (χ2n) is 5.64. The summed E-state index contributed by atoms with van der Waals surface area (Å²) in [6, 6.07) is -0.703. The van der Waals surface area contributed by atoms with Crippen molar-refractivity contribution < 1.29 is 19.5 Å². The Labute approximate surface area is 117 Å². The Morgan fingerprint density at radius 1 is 1.20 bits per heavy atom. The van der Waals surface area contributed by atoms with E-state index < -0.39 is 23.8 Å². The molecule has 0 bridgehead atoms. The van der Waals surface area contributed by atoms with Gasteiger partial charge >= 0.3 is 12.0 Å². The van der Waals surface area contributed by atoms with Crippen LogP contribution in [0.15, 0.2) is 0 Å². The Balaban J connectivity index is 1.92. The summed E-state index contributed by atoms with van der Waals surface area (Å²) < 4.78 is 0. The topological polar surface area (TPSA) is 113 Å². The van der Waals surface area contributed by atoms with Gasteiger partial charge in [0.15, 0.2) is 0 Å². The maximum Gasteiger partial charge on any atom is 0.316 e. The van der Waals surface area contributed by atoms with Gasteiger partial charge in [0.05, 0.1) is 0 Å². The zero-order chi connectivity index (χ0) is 14.7. The molecule has 2 atom stereocenters. The van der Waals surface area contributed by atoms with Gasteiger partial charge in [-0.3, -0.25) is 9.59 Å². The number of nitrogens with zero attached hydrogens (tertiary/aromatic N) is 1. The van der Waals surface area contributed by atoms with Crippen LogP contribution in [0.4, 0.5) is 4.79 Å². The Bertz CT molecular complexity index is 406. The minimum Gasteiger partial charge on any atom is -0.481 e. The first-order valence-corrected chi connectivity index (χ1v) is 7.06. The first-order chi connectivity index (χ1) is 9.49. The molecule has 0 aromatic heterocycles. The van der Waals surface area contributed by atoms with E-state index in [9.17, 15) is 19.5 Å². The Kier molecular flexibility index (Phi) is 4.46. The highest BCUT2D eigenvalue weighted by atomic mass is 16.4. The molecule has 7 nitrogen and oxygen atoms in total. The fourth-order valence-corrected chi connectivity index (χ4v) is 3.19. The van der Waals surface area contributed by atoms with E-state index in [-0.39, 0.29) is 12.0 Å². The van der Waals surface area contributed by atoms with Crippen molar-refractivity contribution in [1.29, 1.82) is 0 Å². The van der Waals surface area contributed by atoms with Crippen LogP contribution in [0.3, 0.4) is 0 Å². The van der Waals surface area contributed by atoms with Gasteiger partial charge in [-0.2, -0.15) is 0 Å². The summed E-state index contributed by atoms with van der Waals surface area (Å²) in [6.07, 6.45) is 4.18. The Hall–Kier alpha value is -1.79. The average Bonchev–Trinajstić information content (AvgIpc) is 2.99. The Morgan fingerprint density at radius 2 is 1.85 bits per heavy atom. The minimum absolute atomic E-state index is 0.0684. The molecule has 1 saturated heterocycles. The third-order valence-electron chi connectivity index (χ3n) is 4.27. The normalized spacial score (nSPS) is 24.6. The summed E-state index contributed by atoms with van der Waals surface area (Å²) in [5.41, 5.74) is 5.18. The highest BCUT2D eigenvalue weighted by molar-refractivity contribution is 5.97. The zero-order valence-electron chi connectivity index (χ0n) is 11.4. The van der Waals surface area contributed by atoms with Crippen LogP contribution in [-0.4, -0.2) is 47.0 Å². The lowest BCUT2D eigenvalue weighted by Gasteiger charge is -2.21. The third-order valence-corrected chi connectivity index (χ3v) is 4.27. The van der Waals surface area contributed by atoms with Gasteiger partial charge in [-0.25, -0.2) is 4.79 Å². The number of hydrogen-bond donors (Lipinski definition) is 3. The van der Waals surface area contributed by atoms with Crippen LogP contribution in [-0.2, 0) is 9.59 Å². The maximum atomic E-state index is 12.2. The van der Waals surface area contributed by atoms with E-state index >= 15 is 0 Å². The summed E-state index contributed by atoms with van der Waals surface area (Å²) in [5.74, 6) is -2.53. The third kappa shape index (κ3) is 3.20. The summed E-state index contributed by atoms with van der Waals surface area (Å²) >= 11 is 0. The van der Waals surface area contributed by atoms with Crippen LogP contribution in [0.5, 0.6) is 0 Å². The summed E-state index contributed by atoms with van der Waals surface area (Å²) in [7, 11) is 0. The lowest BCUT2D eigenvalue weighted by Crippen LogP contribution is -2.45. The van der Waals surface area contributed by atoms with Crippen molar-refractivity contribution >= 4 is 17.9 Å². The van der Waals surface area contributed by atoms with Gasteiger partial charge in [0, 0.05) is 19.1 Å². The number of carbonyl (C=O) groups excluding carboxylic acids is 2. The number of primary amides is 1. The molecule has 2 unspecified atom stereocenters. The van der Waals surface area contributed by atoms with Crippen molar-refractivity contribution in [3.05, 3.63) is 0 Å². The van der Waals surface area contributed by atoms with Gasteiger partial charge in [0.25, 0.3) is 0 Å². The minimum atomic E-state index is -1.06. The largest absolute Gasteiger partial charge is 0.481 e. The monoisotopic (exact) mass is 283 g/mol. The molecule has 0 aromatic rings. The maximum absolute atomic E-state index is 12.2. The van der Waals surface area contributed by atoms with Crippen molar-refractivity contribution in [3.63, 3.8) is 0 Å². The smallest absolute Gasteiger partial charge is 0.316 e. The molecule has 2 aliphatic rings. The van der Waals surface area contributed by atoms with E-state index in [1.165, 1.54) is 4.90 Å². The van der Waals surface area contributed by atoms with Crippen molar-refractivity contribution in [2.45, 2.75) is 38.1 Å². The number of hydrogen-bond acceptors (Lipinski definition) is 3. The molecule has 4 N–H and O–H groups in total. The molecule has 0 aromatic carbocycles. The fourth-order valence-electron chi connectivity index (χ4n) is 3.19. The first-order valence-electron chi connectivity index (χ1n) is 7.06. The second kappa shape index (κ2) is 6.11. The standard InChI is InChI=1S/C13H21N3O4/c14-13(20)16-6-5-9(7-16)15-11(17)10(12(18)19)8-3-1-2-4-8/h8-10H,1-7H2,(H2,14,20)(H,15,17)(H,18,19). The van der Waals surface area contributed by atoms with Gasteiger partial charge < -0.3 is 21.1 Å². The second-order valence-corrected chi connectivity index (χ2v) is 5.64. The summed E-state index contributed by atoms with van der Waals surface area (Å²) in [5, 5.41) is 12.0. The molecule has 1 saturated carbocycles. The molecule has 112 valence electrons. The number of rotatable bonds is 4. The molecule has 1 aliphatic heterocycles. The number of likely N-dealkylation sites (tertiary alicyclic amines) is 1. The van der Waals surface area contributed by atoms with Crippen LogP contribution >= 0.6 is 0 Å². The molecule has 3 amide bonds. The van der Waals surface area contributed by atoms with Crippen LogP contribution < -0.4 is 11.1 Å². The quantitative estimate of drug-likeness (QED) is 0.637. The molecule has 2 fully saturated rings. The van der Waals surface area contributed by atoms with E-state index in [0.29, 0.717) is 19.5 Å². The van der Waals surface area contributed by atoms with Crippen molar-refractivity contribution in [2.24, 2.45) is 17.6 Å². The van der Waals surface area contributed by atoms with Crippen LogP contribution in [0.2, 0.25) is 0 Å². The van der Waals surface area contributed by atoms with E-state index in [1.807, 2.05) is 0 Å². The highest BCUT2D eigenvalue weighted by Crippen LogP contribution is 2.32. The SMILES string of the molecule is NC(=O)N1CCC(NC(=O)C(C(=O)O)C2CCCC2)C1. The first kappa shape index (κ1) is 14.6. The number of carbonyl (C=O) groups is 3. The van der Waals surface area contributed by atoms with E-state index in [4.69, 9.17) is 5.73 Å². The van der Waals surface area contributed by atoms with Gasteiger partial charge in [-0.05, 0) is 25.2 Å². The number of carboxylic acid groups (broad SMARTS) is 1. The molecular weight excluding hydrogens is 262 g/mol. The average molecular weight is 283 g/mol. The molecule has 0 spiro atoms. The number of nitrogens with one attached hydrogen (secondary N) is 1. The Morgan fingerprint density at radius 3 is 2.35 bits per heavy atom. The number of nitrogens with two attached hydrogens (primary N) is 1. The predicted molar refractivity (Wildman–Crippen MR) is 70.8 cm³/mol. The van der Waals surface area contributed by atoms with Gasteiger partial charge in [0.1, 0.15) is 5.92 Å². The number of aliphatic carboxylic acids is 1. The van der Waals surface area contributed by atoms with Crippen molar-refractivity contribution in [3.8, 4) is 0 Å². The van der Waals surface area contributed by atoms with Gasteiger partial charge in [-0.15, -0.1) is 0 Å². The van der Waals surface area contributed by atoms with Crippen molar-refractivity contribution in [1.82, 2.24) is 10.2 Å². The molecule has 7 heteroatoms. The van der Waals surface area contributed by atoms with E-state index in [2.05, 4.69) is 5.32 Å². The molecule has 2 rings (SSSR count). The van der Waals surface area contributed by atoms with Crippen LogP contribution in [0.25, 0.3) is 0 Å². The van der Waals surface area contributed by atoms with Crippen LogP contribution in [0.1, 0.15) is 32.1 Å². The van der Waals surface area contributed by atoms with E-state index in [0.717, 1.165) is 25.7 Å².